The average molecular weight is 421 g/mol. The van der Waals surface area contributed by atoms with Gasteiger partial charge in [-0.3, -0.25) is 29.8 Å². The number of aromatic nitrogens is 1. The largest absolute Gasteiger partial charge is 0.327 e. The molecule has 1 aromatic heterocycles. The van der Waals surface area contributed by atoms with Crippen molar-refractivity contribution in [2.24, 2.45) is 0 Å². The Hall–Kier alpha value is -3.41. The molecule has 1 N–H and O–H groups in total. The summed E-state index contributed by atoms with van der Waals surface area (Å²) in [5, 5.41) is 25.1. The van der Waals surface area contributed by atoms with Crippen molar-refractivity contribution in [1.29, 1.82) is 0 Å². The van der Waals surface area contributed by atoms with Crippen LogP contribution in [0.25, 0.3) is 0 Å². The van der Waals surface area contributed by atoms with E-state index in [2.05, 4.69) is 10.3 Å². The summed E-state index contributed by atoms with van der Waals surface area (Å²) >= 11 is 1.30. The lowest BCUT2D eigenvalue weighted by atomic mass is 10.1. The van der Waals surface area contributed by atoms with Crippen LogP contribution in [0.1, 0.15) is 34.8 Å². The maximum Gasteiger partial charge on any atom is 0.277 e. The standard InChI is InChI=1S/C17H19N5O6S/c1-9(2)20(8-15(23)19-17-18-10(3)11(4)29-17)16(24)12-5-13(21(25)26)7-14(6-12)22(27)28/h5-7,9H,8H2,1-4H3,(H,18,19,23). The minimum atomic E-state index is -0.816. The third-order valence-corrected chi connectivity index (χ3v) is 5.03. The molecule has 0 saturated heterocycles. The van der Waals surface area contributed by atoms with Gasteiger partial charge in [0.15, 0.2) is 5.13 Å². The Morgan fingerprint density at radius 3 is 2.10 bits per heavy atom. The Kier molecular flexibility index (Phi) is 6.59. The summed E-state index contributed by atoms with van der Waals surface area (Å²) in [7, 11) is 0. The van der Waals surface area contributed by atoms with E-state index >= 15 is 0 Å². The van der Waals surface area contributed by atoms with Gasteiger partial charge in [0.2, 0.25) is 5.91 Å². The molecule has 0 saturated carbocycles. The van der Waals surface area contributed by atoms with Gasteiger partial charge in [-0.1, -0.05) is 0 Å². The third kappa shape index (κ3) is 5.31. The predicted octanol–water partition coefficient (Wildman–Crippen LogP) is 3.07. The van der Waals surface area contributed by atoms with Gasteiger partial charge in [-0.05, 0) is 27.7 Å². The number of nitrogens with one attached hydrogen (secondary N) is 1. The van der Waals surface area contributed by atoms with Gasteiger partial charge in [-0.15, -0.1) is 11.3 Å². The zero-order valence-electron chi connectivity index (χ0n) is 16.2. The van der Waals surface area contributed by atoms with Gasteiger partial charge >= 0.3 is 0 Å². The van der Waals surface area contributed by atoms with Crippen LogP contribution in [0.5, 0.6) is 0 Å². The lowest BCUT2D eigenvalue weighted by Gasteiger charge is -2.26. The number of nitrogens with zero attached hydrogens (tertiary/aromatic N) is 4. The zero-order valence-corrected chi connectivity index (χ0v) is 17.0. The molecule has 12 heteroatoms. The van der Waals surface area contributed by atoms with Gasteiger partial charge in [0.25, 0.3) is 17.3 Å². The summed E-state index contributed by atoms with van der Waals surface area (Å²) in [4.78, 5) is 52.0. The fourth-order valence-electron chi connectivity index (χ4n) is 2.42. The van der Waals surface area contributed by atoms with Gasteiger partial charge in [-0.25, -0.2) is 4.98 Å². The molecule has 1 heterocycles. The molecule has 1 aromatic carbocycles. The molecule has 2 amide bonds. The van der Waals surface area contributed by atoms with Gasteiger partial charge in [0.05, 0.1) is 27.2 Å². The highest BCUT2D eigenvalue weighted by Crippen LogP contribution is 2.24. The molecule has 0 aliphatic heterocycles. The monoisotopic (exact) mass is 421 g/mol. The molecule has 0 bridgehead atoms. The van der Waals surface area contributed by atoms with Crippen LogP contribution in [0.15, 0.2) is 18.2 Å². The van der Waals surface area contributed by atoms with Crippen molar-refractivity contribution in [3.63, 3.8) is 0 Å². The molecular weight excluding hydrogens is 402 g/mol. The molecule has 0 fully saturated rings. The molecule has 0 spiro atoms. The van der Waals surface area contributed by atoms with Crippen molar-refractivity contribution in [2.75, 3.05) is 11.9 Å². The van der Waals surface area contributed by atoms with Crippen LogP contribution < -0.4 is 5.32 Å². The molecule has 154 valence electrons. The molecular formula is C17H19N5O6S. The normalized spacial score (nSPS) is 10.7. The minimum absolute atomic E-state index is 0.242. The Labute approximate surface area is 169 Å². The van der Waals surface area contributed by atoms with Crippen LogP contribution in [-0.2, 0) is 4.79 Å². The number of thiazole rings is 1. The molecule has 0 aliphatic carbocycles. The Morgan fingerprint density at radius 2 is 1.69 bits per heavy atom. The Balaban J connectivity index is 2.28. The number of nitro benzene ring substituents is 2. The Morgan fingerprint density at radius 1 is 1.14 bits per heavy atom. The second kappa shape index (κ2) is 8.73. The number of nitro groups is 2. The van der Waals surface area contributed by atoms with Crippen molar-refractivity contribution in [2.45, 2.75) is 33.7 Å². The molecule has 0 radical (unpaired) electrons. The van der Waals surface area contributed by atoms with Crippen LogP contribution in [0.2, 0.25) is 0 Å². The van der Waals surface area contributed by atoms with Gasteiger partial charge in [0.1, 0.15) is 6.54 Å². The first kappa shape index (κ1) is 21.9. The minimum Gasteiger partial charge on any atom is -0.327 e. The van der Waals surface area contributed by atoms with E-state index in [1.165, 1.54) is 16.2 Å². The second-order valence-corrected chi connectivity index (χ2v) is 7.69. The molecule has 29 heavy (non-hydrogen) atoms. The van der Waals surface area contributed by atoms with E-state index in [1.807, 2.05) is 6.92 Å². The van der Waals surface area contributed by atoms with Crippen LogP contribution in [0.3, 0.4) is 0 Å². The first-order valence-corrected chi connectivity index (χ1v) is 9.30. The summed E-state index contributed by atoms with van der Waals surface area (Å²) in [6, 6.07) is 2.24. The first-order valence-electron chi connectivity index (χ1n) is 8.48. The van der Waals surface area contributed by atoms with Crippen LogP contribution in [0.4, 0.5) is 16.5 Å². The van der Waals surface area contributed by atoms with Crippen LogP contribution in [0, 0.1) is 34.1 Å². The van der Waals surface area contributed by atoms with Crippen LogP contribution in [-0.4, -0.2) is 44.1 Å². The van der Waals surface area contributed by atoms with Gasteiger partial charge in [0, 0.05) is 23.1 Å². The number of anilines is 1. The number of amides is 2. The fourth-order valence-corrected chi connectivity index (χ4v) is 3.25. The average Bonchev–Trinajstić information content (AvgIpc) is 2.95. The third-order valence-electron chi connectivity index (χ3n) is 4.04. The summed E-state index contributed by atoms with van der Waals surface area (Å²) < 4.78 is 0. The number of benzene rings is 1. The second-order valence-electron chi connectivity index (χ2n) is 6.49. The summed E-state index contributed by atoms with van der Waals surface area (Å²) in [6.07, 6.45) is 0. The fraction of sp³-hybridized carbons (Fsp3) is 0.353. The van der Waals surface area contributed by atoms with E-state index in [0.29, 0.717) is 5.13 Å². The number of hydrogen-bond donors (Lipinski definition) is 1. The van der Waals surface area contributed by atoms with Gasteiger partial charge in [-0.2, -0.15) is 0 Å². The summed E-state index contributed by atoms with van der Waals surface area (Å²) in [5.41, 5.74) is -0.617. The Bertz CT molecular complexity index is 935. The van der Waals surface area contributed by atoms with Crippen molar-refractivity contribution in [1.82, 2.24) is 9.88 Å². The molecule has 2 aromatic rings. The van der Waals surface area contributed by atoms with Crippen molar-refractivity contribution in [3.05, 3.63) is 54.6 Å². The van der Waals surface area contributed by atoms with E-state index < -0.39 is 39.1 Å². The maximum atomic E-state index is 12.9. The van der Waals surface area contributed by atoms with Crippen molar-refractivity contribution >= 4 is 39.7 Å². The highest BCUT2D eigenvalue weighted by atomic mass is 32.1. The van der Waals surface area contributed by atoms with E-state index in [1.54, 1.807) is 20.8 Å². The SMILES string of the molecule is Cc1nc(NC(=O)CN(C(=O)c2cc([N+](=O)[O-])cc([N+](=O)[O-])c2)C(C)C)sc1C. The van der Waals surface area contributed by atoms with Gasteiger partial charge < -0.3 is 10.2 Å². The van der Waals surface area contributed by atoms with E-state index in [0.717, 1.165) is 28.8 Å². The quantitative estimate of drug-likeness (QED) is 0.533. The molecule has 11 nitrogen and oxygen atoms in total. The maximum absolute atomic E-state index is 12.9. The number of carbonyl (C=O) groups is 2. The van der Waals surface area contributed by atoms with Crippen LogP contribution >= 0.6 is 11.3 Å². The van der Waals surface area contributed by atoms with E-state index in [4.69, 9.17) is 0 Å². The zero-order chi connectivity index (χ0) is 21.9. The first-order chi connectivity index (χ1) is 13.5. The molecule has 0 atom stereocenters. The smallest absolute Gasteiger partial charge is 0.277 e. The molecule has 0 unspecified atom stereocenters. The van der Waals surface area contributed by atoms with Crippen molar-refractivity contribution in [3.8, 4) is 0 Å². The number of hydrogen-bond acceptors (Lipinski definition) is 8. The number of carbonyl (C=O) groups excluding carboxylic acids is 2. The topological polar surface area (TPSA) is 149 Å². The number of non-ortho nitro benzene ring substituents is 2. The molecule has 0 aliphatic rings. The lowest BCUT2D eigenvalue weighted by Crippen LogP contribution is -2.42. The molecule has 2 rings (SSSR count). The van der Waals surface area contributed by atoms with E-state index in [-0.39, 0.29) is 12.1 Å². The summed E-state index contributed by atoms with van der Waals surface area (Å²) in [6.45, 7) is 6.65. The number of rotatable bonds is 7. The number of aryl methyl sites for hydroxylation is 2. The summed E-state index contributed by atoms with van der Waals surface area (Å²) in [5.74, 6) is -1.23. The predicted molar refractivity (Wildman–Crippen MR) is 106 cm³/mol. The lowest BCUT2D eigenvalue weighted by molar-refractivity contribution is -0.394. The van der Waals surface area contributed by atoms with Crippen molar-refractivity contribution < 1.29 is 19.4 Å². The highest BCUT2D eigenvalue weighted by molar-refractivity contribution is 7.15. The highest BCUT2D eigenvalue weighted by Gasteiger charge is 2.26. The van der Waals surface area contributed by atoms with E-state index in [9.17, 15) is 29.8 Å².